The van der Waals surface area contributed by atoms with Gasteiger partial charge in [0.2, 0.25) is 0 Å². The summed E-state index contributed by atoms with van der Waals surface area (Å²) in [7, 11) is 0. The van der Waals surface area contributed by atoms with Crippen molar-refractivity contribution >= 4 is 0 Å². The molecule has 0 unspecified atom stereocenters. The summed E-state index contributed by atoms with van der Waals surface area (Å²) in [5.41, 5.74) is 2.55. The van der Waals surface area contributed by atoms with Crippen LogP contribution in [0.2, 0.25) is 0 Å². The minimum absolute atomic E-state index is 0.242. The second kappa shape index (κ2) is 4.67. The molecule has 0 fully saturated rings. The summed E-state index contributed by atoms with van der Waals surface area (Å²) >= 11 is 0. The SMILES string of the molecule is Cc1ccc(F)cc1Cn1ccc([C@H](C)O)n1. The van der Waals surface area contributed by atoms with Gasteiger partial charge in [0.1, 0.15) is 5.82 Å². The lowest BCUT2D eigenvalue weighted by molar-refractivity contribution is 0.193. The molecule has 90 valence electrons. The van der Waals surface area contributed by atoms with E-state index in [1.165, 1.54) is 12.1 Å². The first-order valence-corrected chi connectivity index (χ1v) is 5.52. The molecule has 1 aromatic carbocycles. The van der Waals surface area contributed by atoms with Gasteiger partial charge in [0.15, 0.2) is 0 Å². The Morgan fingerprint density at radius 2 is 2.18 bits per heavy atom. The maximum Gasteiger partial charge on any atom is 0.123 e. The largest absolute Gasteiger partial charge is 0.387 e. The fourth-order valence-electron chi connectivity index (χ4n) is 1.67. The first-order chi connectivity index (χ1) is 8.06. The number of rotatable bonds is 3. The van der Waals surface area contributed by atoms with Gasteiger partial charge in [-0.15, -0.1) is 0 Å². The van der Waals surface area contributed by atoms with Crippen molar-refractivity contribution in [3.05, 3.63) is 53.1 Å². The van der Waals surface area contributed by atoms with Crippen LogP contribution < -0.4 is 0 Å². The van der Waals surface area contributed by atoms with E-state index < -0.39 is 6.10 Å². The lowest BCUT2D eigenvalue weighted by atomic mass is 10.1. The molecule has 0 saturated heterocycles. The van der Waals surface area contributed by atoms with Crippen molar-refractivity contribution in [1.82, 2.24) is 9.78 Å². The Morgan fingerprint density at radius 1 is 1.41 bits per heavy atom. The van der Waals surface area contributed by atoms with E-state index in [0.29, 0.717) is 12.2 Å². The lowest BCUT2D eigenvalue weighted by Gasteiger charge is -2.06. The van der Waals surface area contributed by atoms with E-state index in [1.807, 2.05) is 6.92 Å². The van der Waals surface area contributed by atoms with Gasteiger partial charge in [-0.2, -0.15) is 5.10 Å². The van der Waals surface area contributed by atoms with Crippen LogP contribution >= 0.6 is 0 Å². The Balaban J connectivity index is 2.22. The molecule has 0 aliphatic heterocycles. The van der Waals surface area contributed by atoms with Crippen LogP contribution in [0.1, 0.15) is 29.8 Å². The first-order valence-electron chi connectivity index (χ1n) is 5.52. The molecule has 2 rings (SSSR count). The normalized spacial score (nSPS) is 12.7. The first kappa shape index (κ1) is 11.8. The van der Waals surface area contributed by atoms with Gasteiger partial charge in [0.05, 0.1) is 18.3 Å². The fourth-order valence-corrected chi connectivity index (χ4v) is 1.67. The number of halogens is 1. The standard InChI is InChI=1S/C13H15FN2O/c1-9-3-4-12(14)7-11(9)8-16-6-5-13(15-16)10(2)17/h3-7,10,17H,8H2,1-2H3/t10-/m0/s1. The highest BCUT2D eigenvalue weighted by atomic mass is 19.1. The molecule has 1 heterocycles. The van der Waals surface area contributed by atoms with Crippen molar-refractivity contribution in [3.63, 3.8) is 0 Å². The topological polar surface area (TPSA) is 38.0 Å². The van der Waals surface area contributed by atoms with Gasteiger partial charge in [-0.25, -0.2) is 4.39 Å². The number of aliphatic hydroxyl groups is 1. The molecular formula is C13H15FN2O. The molecule has 0 bridgehead atoms. The van der Waals surface area contributed by atoms with Crippen LogP contribution in [0.15, 0.2) is 30.5 Å². The van der Waals surface area contributed by atoms with Gasteiger partial charge in [0.25, 0.3) is 0 Å². The average molecular weight is 234 g/mol. The molecule has 4 heteroatoms. The highest BCUT2D eigenvalue weighted by Crippen LogP contribution is 2.13. The molecule has 1 aromatic heterocycles. The third-order valence-electron chi connectivity index (χ3n) is 2.73. The monoisotopic (exact) mass is 234 g/mol. The zero-order valence-corrected chi connectivity index (χ0v) is 9.89. The Bertz CT molecular complexity index is 520. The molecule has 0 radical (unpaired) electrons. The van der Waals surface area contributed by atoms with E-state index in [2.05, 4.69) is 5.10 Å². The molecule has 0 saturated carbocycles. The van der Waals surface area contributed by atoms with E-state index in [4.69, 9.17) is 0 Å². The highest BCUT2D eigenvalue weighted by Gasteiger charge is 2.06. The van der Waals surface area contributed by atoms with Gasteiger partial charge in [0, 0.05) is 6.20 Å². The van der Waals surface area contributed by atoms with E-state index in [1.54, 1.807) is 29.9 Å². The number of aliphatic hydroxyl groups excluding tert-OH is 1. The molecule has 0 aliphatic rings. The molecule has 1 atom stereocenters. The maximum atomic E-state index is 13.1. The van der Waals surface area contributed by atoms with E-state index in [9.17, 15) is 9.50 Å². The molecule has 0 spiro atoms. The van der Waals surface area contributed by atoms with Crippen molar-refractivity contribution in [1.29, 1.82) is 0 Å². The van der Waals surface area contributed by atoms with Crippen molar-refractivity contribution in [2.75, 3.05) is 0 Å². The third-order valence-corrected chi connectivity index (χ3v) is 2.73. The summed E-state index contributed by atoms with van der Waals surface area (Å²) in [6.45, 7) is 4.12. The van der Waals surface area contributed by atoms with Crippen molar-refractivity contribution < 1.29 is 9.50 Å². The summed E-state index contributed by atoms with van der Waals surface area (Å²) in [5.74, 6) is -0.242. The van der Waals surface area contributed by atoms with E-state index in [0.717, 1.165) is 11.1 Å². The minimum Gasteiger partial charge on any atom is -0.387 e. The molecule has 0 aliphatic carbocycles. The number of nitrogens with zero attached hydrogens (tertiary/aromatic N) is 2. The van der Waals surface area contributed by atoms with Crippen LogP contribution in [0.3, 0.4) is 0 Å². The van der Waals surface area contributed by atoms with Gasteiger partial charge in [-0.05, 0) is 43.2 Å². The van der Waals surface area contributed by atoms with Crippen molar-refractivity contribution in [2.45, 2.75) is 26.5 Å². The van der Waals surface area contributed by atoms with Crippen molar-refractivity contribution in [2.24, 2.45) is 0 Å². The third kappa shape index (κ3) is 2.71. The molecule has 2 aromatic rings. The van der Waals surface area contributed by atoms with Gasteiger partial charge in [-0.3, -0.25) is 4.68 Å². The Kier molecular flexibility index (Phi) is 3.24. The average Bonchev–Trinajstić information content (AvgIpc) is 2.72. The maximum absolute atomic E-state index is 13.1. The molecule has 0 amide bonds. The zero-order chi connectivity index (χ0) is 12.4. The second-order valence-electron chi connectivity index (χ2n) is 4.18. The number of hydrogen-bond donors (Lipinski definition) is 1. The molecule has 3 nitrogen and oxygen atoms in total. The predicted molar refractivity (Wildman–Crippen MR) is 63.1 cm³/mol. The van der Waals surface area contributed by atoms with Crippen LogP contribution in [-0.2, 0) is 6.54 Å². The Labute approximate surface area is 99.5 Å². The Hall–Kier alpha value is -1.68. The van der Waals surface area contributed by atoms with Crippen LogP contribution in [0.4, 0.5) is 4.39 Å². The van der Waals surface area contributed by atoms with Crippen LogP contribution in [0, 0.1) is 12.7 Å². The summed E-state index contributed by atoms with van der Waals surface area (Å²) in [4.78, 5) is 0. The highest BCUT2D eigenvalue weighted by molar-refractivity contribution is 5.26. The Morgan fingerprint density at radius 3 is 2.82 bits per heavy atom. The number of benzene rings is 1. The van der Waals surface area contributed by atoms with Crippen molar-refractivity contribution in [3.8, 4) is 0 Å². The van der Waals surface area contributed by atoms with Crippen LogP contribution in [0.5, 0.6) is 0 Å². The zero-order valence-electron chi connectivity index (χ0n) is 9.89. The van der Waals surface area contributed by atoms with Crippen LogP contribution in [-0.4, -0.2) is 14.9 Å². The van der Waals surface area contributed by atoms with Gasteiger partial charge < -0.3 is 5.11 Å². The summed E-state index contributed by atoms with van der Waals surface area (Å²) < 4.78 is 14.8. The summed E-state index contributed by atoms with van der Waals surface area (Å²) in [6.07, 6.45) is 1.21. The fraction of sp³-hybridized carbons (Fsp3) is 0.308. The summed E-state index contributed by atoms with van der Waals surface area (Å²) in [6, 6.07) is 6.48. The number of hydrogen-bond acceptors (Lipinski definition) is 2. The van der Waals surface area contributed by atoms with E-state index >= 15 is 0 Å². The molecule has 17 heavy (non-hydrogen) atoms. The van der Waals surface area contributed by atoms with E-state index in [-0.39, 0.29) is 5.82 Å². The molecule has 1 N–H and O–H groups in total. The quantitative estimate of drug-likeness (QED) is 0.885. The summed E-state index contributed by atoms with van der Waals surface area (Å²) in [5, 5.41) is 13.6. The minimum atomic E-state index is -0.579. The predicted octanol–water partition coefficient (Wildman–Crippen LogP) is 2.43. The number of aromatic nitrogens is 2. The smallest absolute Gasteiger partial charge is 0.123 e. The van der Waals surface area contributed by atoms with Crippen LogP contribution in [0.25, 0.3) is 0 Å². The molecular weight excluding hydrogens is 219 g/mol. The van der Waals surface area contributed by atoms with Gasteiger partial charge in [-0.1, -0.05) is 6.07 Å². The second-order valence-corrected chi connectivity index (χ2v) is 4.18. The lowest BCUT2D eigenvalue weighted by Crippen LogP contribution is -2.04. The van der Waals surface area contributed by atoms with Gasteiger partial charge >= 0.3 is 0 Å². The number of aryl methyl sites for hydroxylation is 1.